The Bertz CT molecular complexity index is 468. The van der Waals surface area contributed by atoms with Gasteiger partial charge in [0, 0.05) is 31.4 Å². The second-order valence-corrected chi connectivity index (χ2v) is 6.35. The van der Waals surface area contributed by atoms with Crippen LogP contribution in [0.5, 0.6) is 0 Å². The van der Waals surface area contributed by atoms with Crippen LogP contribution >= 0.6 is 24.8 Å². The molecule has 0 heterocycles. The molecule has 2 atom stereocenters. The number of amides is 1. The molecule has 0 saturated heterocycles. The summed E-state index contributed by atoms with van der Waals surface area (Å²) >= 11 is 0. The van der Waals surface area contributed by atoms with Crippen molar-refractivity contribution in [3.05, 3.63) is 30.3 Å². The third-order valence-corrected chi connectivity index (χ3v) is 4.51. The van der Waals surface area contributed by atoms with E-state index in [1.807, 2.05) is 32.2 Å². The van der Waals surface area contributed by atoms with Crippen LogP contribution in [0.4, 0.5) is 5.69 Å². The lowest BCUT2D eigenvalue weighted by Crippen LogP contribution is -2.53. The number of hydrogen-bond donors (Lipinski definition) is 2. The van der Waals surface area contributed by atoms with Gasteiger partial charge in [-0.1, -0.05) is 31.0 Å². The van der Waals surface area contributed by atoms with Crippen molar-refractivity contribution in [1.82, 2.24) is 5.32 Å². The zero-order valence-corrected chi connectivity index (χ0v) is 15.6. The van der Waals surface area contributed by atoms with Crippen LogP contribution in [0.15, 0.2) is 30.3 Å². The molecule has 132 valence electrons. The molecule has 23 heavy (non-hydrogen) atoms. The molecule has 0 spiro atoms. The lowest BCUT2D eigenvalue weighted by atomic mass is 9.74. The normalized spacial score (nSPS) is 23.2. The molecule has 1 aromatic carbocycles. The first-order valence-corrected chi connectivity index (χ1v) is 7.83. The highest BCUT2D eigenvalue weighted by atomic mass is 35.5. The fraction of sp³-hybridized carbons (Fsp3) is 0.588. The summed E-state index contributed by atoms with van der Waals surface area (Å²) in [7, 11) is 2.04. The van der Waals surface area contributed by atoms with E-state index in [0.717, 1.165) is 37.9 Å². The number of hydrogen-bond acceptors (Lipinski definition) is 3. The summed E-state index contributed by atoms with van der Waals surface area (Å²) in [6.07, 6.45) is 4.09. The van der Waals surface area contributed by atoms with Gasteiger partial charge in [-0.15, -0.1) is 24.8 Å². The van der Waals surface area contributed by atoms with Crippen LogP contribution in [0.2, 0.25) is 0 Å². The first-order chi connectivity index (χ1) is 10.0. The fourth-order valence-corrected chi connectivity index (χ4v) is 3.07. The molecular formula is C17H29Cl2N3O. The minimum absolute atomic E-state index is 0. The summed E-state index contributed by atoms with van der Waals surface area (Å²) in [4.78, 5) is 14.5. The van der Waals surface area contributed by atoms with E-state index in [2.05, 4.69) is 22.3 Å². The molecule has 1 amide bonds. The number of rotatable bonds is 5. The van der Waals surface area contributed by atoms with Gasteiger partial charge in [-0.3, -0.25) is 4.79 Å². The summed E-state index contributed by atoms with van der Waals surface area (Å²) in [5, 5.41) is 3.05. The first kappa shape index (κ1) is 22.0. The number of nitrogens with two attached hydrogens (primary N) is 1. The van der Waals surface area contributed by atoms with Crippen molar-refractivity contribution in [2.75, 3.05) is 25.0 Å². The second-order valence-electron chi connectivity index (χ2n) is 6.35. The number of para-hydroxylation sites is 1. The van der Waals surface area contributed by atoms with Crippen molar-refractivity contribution >= 4 is 36.4 Å². The average molecular weight is 362 g/mol. The number of halogens is 2. The number of nitrogens with zero attached hydrogens (tertiary/aromatic N) is 1. The minimum Gasteiger partial charge on any atom is -0.373 e. The molecule has 0 bridgehead atoms. The fourth-order valence-electron chi connectivity index (χ4n) is 3.07. The van der Waals surface area contributed by atoms with Crippen LogP contribution in [0.25, 0.3) is 0 Å². The molecule has 4 nitrogen and oxygen atoms in total. The Hall–Kier alpha value is -0.970. The van der Waals surface area contributed by atoms with Gasteiger partial charge in [0.2, 0.25) is 5.91 Å². The van der Waals surface area contributed by atoms with E-state index < -0.39 is 0 Å². The molecule has 6 heteroatoms. The second kappa shape index (κ2) is 10.0. The number of anilines is 1. The Kier molecular flexibility index (Phi) is 9.59. The third kappa shape index (κ3) is 6.21. The van der Waals surface area contributed by atoms with Crippen molar-refractivity contribution in [3.63, 3.8) is 0 Å². The van der Waals surface area contributed by atoms with Crippen molar-refractivity contribution in [1.29, 1.82) is 0 Å². The van der Waals surface area contributed by atoms with Crippen LogP contribution in [0.1, 0.15) is 32.6 Å². The Morgan fingerprint density at radius 3 is 2.57 bits per heavy atom. The summed E-state index contributed by atoms with van der Waals surface area (Å²) in [5.74, 6) is 0.0643. The van der Waals surface area contributed by atoms with E-state index in [0.29, 0.717) is 6.54 Å². The smallest absolute Gasteiger partial charge is 0.225 e. The van der Waals surface area contributed by atoms with Crippen LogP contribution < -0.4 is 16.0 Å². The van der Waals surface area contributed by atoms with Gasteiger partial charge in [0.15, 0.2) is 0 Å². The maximum Gasteiger partial charge on any atom is 0.225 e. The summed E-state index contributed by atoms with van der Waals surface area (Å²) in [6.45, 7) is 3.45. The molecule has 1 saturated carbocycles. The monoisotopic (exact) mass is 361 g/mol. The zero-order chi connectivity index (χ0) is 15.3. The van der Waals surface area contributed by atoms with Gasteiger partial charge in [-0.05, 0) is 31.9 Å². The van der Waals surface area contributed by atoms with Gasteiger partial charge in [0.25, 0.3) is 0 Å². The van der Waals surface area contributed by atoms with Crippen molar-refractivity contribution in [3.8, 4) is 0 Å². The first-order valence-electron chi connectivity index (χ1n) is 7.83. The number of carbonyl (C=O) groups excluding carboxylic acids is 1. The molecule has 2 rings (SSSR count). The van der Waals surface area contributed by atoms with E-state index in [9.17, 15) is 4.79 Å². The number of benzene rings is 1. The SMILES string of the molecule is CN(CCNC(=O)C1CCCCC1(C)N)c1ccccc1.Cl.Cl. The molecule has 0 radical (unpaired) electrons. The molecule has 1 aromatic rings. The Morgan fingerprint density at radius 2 is 1.96 bits per heavy atom. The highest BCUT2D eigenvalue weighted by molar-refractivity contribution is 5.85. The predicted octanol–water partition coefficient (Wildman–Crippen LogP) is 2.99. The predicted molar refractivity (Wildman–Crippen MR) is 102 cm³/mol. The van der Waals surface area contributed by atoms with Gasteiger partial charge in [-0.25, -0.2) is 0 Å². The van der Waals surface area contributed by atoms with Gasteiger partial charge in [-0.2, -0.15) is 0 Å². The van der Waals surface area contributed by atoms with E-state index >= 15 is 0 Å². The van der Waals surface area contributed by atoms with Crippen molar-refractivity contribution in [2.24, 2.45) is 11.7 Å². The maximum atomic E-state index is 12.3. The van der Waals surface area contributed by atoms with Crippen LogP contribution in [0, 0.1) is 5.92 Å². The van der Waals surface area contributed by atoms with E-state index in [-0.39, 0.29) is 42.2 Å². The lowest BCUT2D eigenvalue weighted by Gasteiger charge is -2.37. The van der Waals surface area contributed by atoms with Crippen LogP contribution in [0.3, 0.4) is 0 Å². The number of likely N-dealkylation sites (N-methyl/N-ethyl adjacent to an activating group) is 1. The zero-order valence-electron chi connectivity index (χ0n) is 14.0. The minimum atomic E-state index is -0.354. The van der Waals surface area contributed by atoms with Crippen molar-refractivity contribution < 1.29 is 4.79 Å². The molecule has 2 unspecified atom stereocenters. The topological polar surface area (TPSA) is 58.4 Å². The quantitative estimate of drug-likeness (QED) is 0.847. The van der Waals surface area contributed by atoms with Gasteiger partial charge >= 0.3 is 0 Å². The van der Waals surface area contributed by atoms with E-state index in [1.54, 1.807) is 0 Å². The summed E-state index contributed by atoms with van der Waals surface area (Å²) < 4.78 is 0. The molecule has 0 aromatic heterocycles. The molecule has 1 aliphatic carbocycles. The van der Waals surface area contributed by atoms with E-state index in [1.165, 1.54) is 0 Å². The maximum absolute atomic E-state index is 12.3. The van der Waals surface area contributed by atoms with Crippen molar-refractivity contribution in [2.45, 2.75) is 38.1 Å². The summed E-state index contributed by atoms with van der Waals surface area (Å²) in [5.41, 5.74) is 7.08. The molecule has 1 aliphatic rings. The molecule has 3 N–H and O–H groups in total. The van der Waals surface area contributed by atoms with Crippen LogP contribution in [-0.4, -0.2) is 31.6 Å². The molecule has 0 aliphatic heterocycles. The number of nitrogens with one attached hydrogen (secondary N) is 1. The Morgan fingerprint density at radius 1 is 1.30 bits per heavy atom. The van der Waals surface area contributed by atoms with E-state index in [4.69, 9.17) is 5.73 Å². The lowest BCUT2D eigenvalue weighted by molar-refractivity contribution is -0.128. The van der Waals surface area contributed by atoms with Gasteiger partial charge in [0.1, 0.15) is 0 Å². The van der Waals surface area contributed by atoms with Gasteiger partial charge in [0.05, 0.1) is 5.92 Å². The Balaban J connectivity index is 0.00000242. The Labute approximate surface area is 152 Å². The van der Waals surface area contributed by atoms with Crippen LogP contribution in [-0.2, 0) is 4.79 Å². The largest absolute Gasteiger partial charge is 0.373 e. The number of carbonyl (C=O) groups is 1. The highest BCUT2D eigenvalue weighted by Gasteiger charge is 2.37. The van der Waals surface area contributed by atoms with Gasteiger partial charge < -0.3 is 16.0 Å². The average Bonchev–Trinajstić information content (AvgIpc) is 2.47. The highest BCUT2D eigenvalue weighted by Crippen LogP contribution is 2.31. The molecule has 1 fully saturated rings. The molecular weight excluding hydrogens is 333 g/mol. The third-order valence-electron chi connectivity index (χ3n) is 4.51. The standard InChI is InChI=1S/C17H27N3O.2ClH/c1-17(18)11-7-6-10-15(17)16(21)19-12-13-20(2)14-8-4-3-5-9-14;;/h3-5,8-9,15H,6-7,10-13,18H2,1-2H3,(H,19,21);2*1H. The summed E-state index contributed by atoms with van der Waals surface area (Å²) in [6, 6.07) is 10.2.